The largest absolute Gasteiger partial charge is 0.465 e. The van der Waals surface area contributed by atoms with Crippen LogP contribution < -0.4 is 5.32 Å². The van der Waals surface area contributed by atoms with Crippen LogP contribution in [-0.4, -0.2) is 32.5 Å². The van der Waals surface area contributed by atoms with Gasteiger partial charge in [-0.1, -0.05) is 0 Å². The predicted octanol–water partition coefficient (Wildman–Crippen LogP) is 1.35. The minimum atomic E-state index is -1.07. The summed E-state index contributed by atoms with van der Waals surface area (Å²) >= 11 is 0. The molecule has 0 saturated carbocycles. The first-order chi connectivity index (χ1) is 8.65. The van der Waals surface area contributed by atoms with Crippen LogP contribution in [0.15, 0.2) is 30.7 Å². The lowest BCUT2D eigenvalue weighted by atomic mass is 10.2. The third-order valence-electron chi connectivity index (χ3n) is 2.27. The van der Waals surface area contributed by atoms with Crippen molar-refractivity contribution in [2.75, 3.05) is 6.54 Å². The highest BCUT2D eigenvalue weighted by Crippen LogP contribution is 2.15. The minimum Gasteiger partial charge on any atom is -0.465 e. The van der Waals surface area contributed by atoms with Crippen molar-refractivity contribution in [3.05, 3.63) is 36.5 Å². The van der Waals surface area contributed by atoms with Crippen LogP contribution in [0.3, 0.4) is 0 Å². The van der Waals surface area contributed by atoms with Crippen LogP contribution in [0.1, 0.15) is 0 Å². The SMILES string of the molecule is O=C(O)NCCn1cc(-c2ccc(F)cn2)cn1. The second-order valence-electron chi connectivity index (χ2n) is 3.59. The molecular formula is C11H11FN4O2. The standard InChI is InChI=1S/C11H11FN4O2/c12-9-1-2-10(14-6-9)8-5-15-16(7-8)4-3-13-11(17)18/h1-2,5-7,13H,3-4H2,(H,17,18). The van der Waals surface area contributed by atoms with Crippen molar-refractivity contribution < 1.29 is 14.3 Å². The van der Waals surface area contributed by atoms with Gasteiger partial charge in [0, 0.05) is 18.3 Å². The number of carboxylic acid groups (broad SMARTS) is 1. The lowest BCUT2D eigenvalue weighted by Gasteiger charge is -2.00. The minimum absolute atomic E-state index is 0.271. The number of amides is 1. The van der Waals surface area contributed by atoms with Crippen molar-refractivity contribution in [1.82, 2.24) is 20.1 Å². The molecule has 0 aromatic carbocycles. The van der Waals surface area contributed by atoms with Crippen LogP contribution in [0, 0.1) is 5.82 Å². The third-order valence-corrected chi connectivity index (χ3v) is 2.27. The molecule has 0 spiro atoms. The Bertz CT molecular complexity index is 538. The summed E-state index contributed by atoms with van der Waals surface area (Å²) in [4.78, 5) is 14.2. The smallest absolute Gasteiger partial charge is 0.404 e. The lowest BCUT2D eigenvalue weighted by Crippen LogP contribution is -2.25. The summed E-state index contributed by atoms with van der Waals surface area (Å²) in [6.07, 6.45) is 3.39. The van der Waals surface area contributed by atoms with Gasteiger partial charge < -0.3 is 10.4 Å². The first-order valence-corrected chi connectivity index (χ1v) is 5.26. The first-order valence-electron chi connectivity index (χ1n) is 5.26. The van der Waals surface area contributed by atoms with Gasteiger partial charge in [0.05, 0.1) is 24.6 Å². The van der Waals surface area contributed by atoms with Crippen molar-refractivity contribution in [1.29, 1.82) is 0 Å². The summed E-state index contributed by atoms with van der Waals surface area (Å²) in [5.74, 6) is -0.392. The second-order valence-corrected chi connectivity index (χ2v) is 3.59. The van der Waals surface area contributed by atoms with E-state index in [9.17, 15) is 9.18 Å². The molecule has 6 nitrogen and oxygen atoms in total. The second kappa shape index (κ2) is 5.26. The van der Waals surface area contributed by atoms with Gasteiger partial charge in [0.2, 0.25) is 0 Å². The van der Waals surface area contributed by atoms with E-state index in [1.54, 1.807) is 23.1 Å². The van der Waals surface area contributed by atoms with Gasteiger partial charge in [0.15, 0.2) is 0 Å². The summed E-state index contributed by atoms with van der Waals surface area (Å²) in [6, 6.07) is 2.89. The molecule has 0 radical (unpaired) electrons. The fourth-order valence-corrected chi connectivity index (χ4v) is 1.44. The van der Waals surface area contributed by atoms with Crippen molar-refractivity contribution in [2.24, 2.45) is 0 Å². The molecule has 7 heteroatoms. The predicted molar refractivity (Wildman–Crippen MR) is 61.4 cm³/mol. The topological polar surface area (TPSA) is 80.0 Å². The molecule has 0 aliphatic heterocycles. The quantitative estimate of drug-likeness (QED) is 0.858. The Kier molecular flexibility index (Phi) is 3.52. The van der Waals surface area contributed by atoms with Crippen LogP contribution in [0.4, 0.5) is 9.18 Å². The molecule has 0 fully saturated rings. The molecule has 18 heavy (non-hydrogen) atoms. The van der Waals surface area contributed by atoms with Gasteiger partial charge in [0.1, 0.15) is 5.82 Å². The molecule has 2 rings (SSSR count). The number of rotatable bonds is 4. The monoisotopic (exact) mass is 250 g/mol. The van der Waals surface area contributed by atoms with Gasteiger partial charge in [-0.05, 0) is 12.1 Å². The van der Waals surface area contributed by atoms with Gasteiger partial charge in [0.25, 0.3) is 0 Å². The fourth-order valence-electron chi connectivity index (χ4n) is 1.44. The summed E-state index contributed by atoms with van der Waals surface area (Å²) < 4.78 is 14.3. The average molecular weight is 250 g/mol. The number of carbonyl (C=O) groups is 1. The molecule has 0 aliphatic carbocycles. The van der Waals surface area contributed by atoms with E-state index in [1.807, 2.05) is 0 Å². The van der Waals surface area contributed by atoms with E-state index in [0.29, 0.717) is 12.2 Å². The molecule has 94 valence electrons. The zero-order valence-corrected chi connectivity index (χ0v) is 9.38. The molecule has 1 amide bonds. The normalized spacial score (nSPS) is 10.3. The number of pyridine rings is 1. The Morgan fingerprint density at radius 3 is 2.94 bits per heavy atom. The molecule has 0 saturated heterocycles. The molecule has 2 aromatic heterocycles. The lowest BCUT2D eigenvalue weighted by molar-refractivity contribution is 0.194. The number of hydrogen-bond donors (Lipinski definition) is 2. The highest BCUT2D eigenvalue weighted by molar-refractivity contribution is 5.64. The highest BCUT2D eigenvalue weighted by Gasteiger charge is 2.03. The first kappa shape index (κ1) is 12.0. The molecule has 2 N–H and O–H groups in total. The van der Waals surface area contributed by atoms with E-state index < -0.39 is 11.9 Å². The van der Waals surface area contributed by atoms with Gasteiger partial charge in [-0.3, -0.25) is 9.67 Å². The van der Waals surface area contributed by atoms with Gasteiger partial charge in [-0.2, -0.15) is 5.10 Å². The number of nitrogens with zero attached hydrogens (tertiary/aromatic N) is 3. The number of nitrogens with one attached hydrogen (secondary N) is 1. The molecule has 0 bridgehead atoms. The van der Waals surface area contributed by atoms with Crippen molar-refractivity contribution in [2.45, 2.75) is 6.54 Å². The Morgan fingerprint density at radius 1 is 1.44 bits per heavy atom. The maximum absolute atomic E-state index is 12.7. The summed E-state index contributed by atoms with van der Waals surface area (Å²) in [5, 5.41) is 14.7. The Balaban J connectivity index is 2.01. The Morgan fingerprint density at radius 2 is 2.28 bits per heavy atom. The highest BCUT2D eigenvalue weighted by atomic mass is 19.1. The molecule has 2 heterocycles. The van der Waals surface area contributed by atoms with E-state index in [2.05, 4.69) is 15.4 Å². The Labute approximate surface area is 102 Å². The van der Waals surface area contributed by atoms with Gasteiger partial charge in [-0.25, -0.2) is 9.18 Å². The fraction of sp³-hybridized carbons (Fsp3) is 0.182. The molecule has 0 atom stereocenters. The zero-order valence-electron chi connectivity index (χ0n) is 9.38. The van der Waals surface area contributed by atoms with E-state index >= 15 is 0 Å². The van der Waals surface area contributed by atoms with E-state index in [1.165, 1.54) is 6.07 Å². The number of halogens is 1. The summed E-state index contributed by atoms with van der Waals surface area (Å²) in [5.41, 5.74) is 1.37. The molecule has 0 aliphatic rings. The van der Waals surface area contributed by atoms with E-state index in [0.717, 1.165) is 11.8 Å². The van der Waals surface area contributed by atoms with Crippen LogP contribution in [-0.2, 0) is 6.54 Å². The van der Waals surface area contributed by atoms with Crippen molar-refractivity contribution in [3.63, 3.8) is 0 Å². The van der Waals surface area contributed by atoms with E-state index in [4.69, 9.17) is 5.11 Å². The van der Waals surface area contributed by atoms with Crippen LogP contribution in [0.5, 0.6) is 0 Å². The molecule has 2 aromatic rings. The van der Waals surface area contributed by atoms with E-state index in [-0.39, 0.29) is 6.54 Å². The van der Waals surface area contributed by atoms with Gasteiger partial charge in [-0.15, -0.1) is 0 Å². The molecule has 0 unspecified atom stereocenters. The number of aromatic nitrogens is 3. The maximum atomic E-state index is 12.7. The molecular weight excluding hydrogens is 239 g/mol. The van der Waals surface area contributed by atoms with Crippen molar-refractivity contribution >= 4 is 6.09 Å². The van der Waals surface area contributed by atoms with Crippen LogP contribution in [0.25, 0.3) is 11.3 Å². The van der Waals surface area contributed by atoms with Crippen molar-refractivity contribution in [3.8, 4) is 11.3 Å². The number of hydrogen-bond acceptors (Lipinski definition) is 3. The van der Waals surface area contributed by atoms with Crippen LogP contribution >= 0.6 is 0 Å². The average Bonchev–Trinajstić information content (AvgIpc) is 2.78. The Hall–Kier alpha value is -2.44. The zero-order chi connectivity index (χ0) is 13.0. The summed E-state index contributed by atoms with van der Waals surface area (Å²) in [7, 11) is 0. The summed E-state index contributed by atoms with van der Waals surface area (Å²) in [6.45, 7) is 0.695. The van der Waals surface area contributed by atoms with Crippen LogP contribution in [0.2, 0.25) is 0 Å². The third kappa shape index (κ3) is 3.03. The maximum Gasteiger partial charge on any atom is 0.404 e. The van der Waals surface area contributed by atoms with Gasteiger partial charge >= 0.3 is 6.09 Å².